The predicted octanol–water partition coefficient (Wildman–Crippen LogP) is 2.45. The molecular formula is C12H15NO. The Hall–Kier alpha value is -1.31. The summed E-state index contributed by atoms with van der Waals surface area (Å²) in [4.78, 5) is 4.56. The van der Waals surface area contributed by atoms with Crippen LogP contribution in [0.4, 0.5) is 0 Å². The zero-order valence-corrected chi connectivity index (χ0v) is 8.87. The molecule has 0 N–H and O–H groups in total. The van der Waals surface area contributed by atoms with Gasteiger partial charge in [0.15, 0.2) is 0 Å². The van der Waals surface area contributed by atoms with Crippen LogP contribution in [0.5, 0.6) is 5.75 Å². The first-order valence-corrected chi connectivity index (χ1v) is 4.92. The summed E-state index contributed by atoms with van der Waals surface area (Å²) in [5, 5.41) is 0. The van der Waals surface area contributed by atoms with Gasteiger partial charge in [-0.3, -0.25) is 4.99 Å². The van der Waals surface area contributed by atoms with Crippen molar-refractivity contribution in [1.29, 1.82) is 0 Å². The van der Waals surface area contributed by atoms with E-state index in [4.69, 9.17) is 4.74 Å². The van der Waals surface area contributed by atoms with E-state index in [2.05, 4.69) is 31.0 Å². The van der Waals surface area contributed by atoms with E-state index in [1.54, 1.807) is 7.11 Å². The fraction of sp³-hybridized carbons (Fsp3) is 0.417. The average molecular weight is 189 g/mol. The van der Waals surface area contributed by atoms with Crippen molar-refractivity contribution in [2.75, 3.05) is 7.11 Å². The topological polar surface area (TPSA) is 21.6 Å². The van der Waals surface area contributed by atoms with Crippen LogP contribution in [-0.2, 0) is 6.42 Å². The monoisotopic (exact) mass is 189 g/mol. The van der Waals surface area contributed by atoms with Gasteiger partial charge in [-0.1, -0.05) is 0 Å². The number of ether oxygens (including phenoxy) is 1. The highest BCUT2D eigenvalue weighted by molar-refractivity contribution is 6.01. The number of methoxy groups -OCH3 is 1. The molecule has 1 aliphatic rings. The molecule has 14 heavy (non-hydrogen) atoms. The number of hydrogen-bond acceptors (Lipinski definition) is 2. The Labute approximate surface area is 84.6 Å². The number of rotatable bonds is 1. The maximum Gasteiger partial charge on any atom is 0.119 e. The van der Waals surface area contributed by atoms with Crippen LogP contribution >= 0.6 is 0 Å². The summed E-state index contributed by atoms with van der Waals surface area (Å²) >= 11 is 0. The van der Waals surface area contributed by atoms with Crippen LogP contribution in [0.15, 0.2) is 23.2 Å². The SMILES string of the molecule is COc1ccc2c(c1)CC(C)N=C2C. The molecule has 1 unspecified atom stereocenters. The Morgan fingerprint density at radius 1 is 1.43 bits per heavy atom. The van der Waals surface area contributed by atoms with Crippen molar-refractivity contribution in [3.05, 3.63) is 29.3 Å². The molecule has 1 aromatic rings. The molecule has 0 spiro atoms. The molecule has 1 aliphatic heterocycles. The highest BCUT2D eigenvalue weighted by Gasteiger charge is 2.15. The molecule has 0 fully saturated rings. The molecule has 1 atom stereocenters. The van der Waals surface area contributed by atoms with Gasteiger partial charge in [0, 0.05) is 5.71 Å². The van der Waals surface area contributed by atoms with Gasteiger partial charge in [0.2, 0.25) is 0 Å². The molecule has 0 amide bonds. The van der Waals surface area contributed by atoms with Gasteiger partial charge >= 0.3 is 0 Å². The minimum Gasteiger partial charge on any atom is -0.497 e. The summed E-state index contributed by atoms with van der Waals surface area (Å²) in [6.45, 7) is 4.22. The van der Waals surface area contributed by atoms with Crippen LogP contribution in [0.2, 0.25) is 0 Å². The lowest BCUT2D eigenvalue weighted by molar-refractivity contribution is 0.414. The molecule has 0 saturated heterocycles. The second-order valence-corrected chi connectivity index (χ2v) is 3.79. The molecule has 0 radical (unpaired) electrons. The second-order valence-electron chi connectivity index (χ2n) is 3.79. The summed E-state index contributed by atoms with van der Waals surface area (Å²) < 4.78 is 5.21. The van der Waals surface area contributed by atoms with E-state index in [0.29, 0.717) is 6.04 Å². The molecule has 0 bridgehead atoms. The summed E-state index contributed by atoms with van der Waals surface area (Å²) in [5.41, 5.74) is 3.76. The van der Waals surface area contributed by atoms with Crippen molar-refractivity contribution in [2.45, 2.75) is 26.3 Å². The zero-order valence-electron chi connectivity index (χ0n) is 8.87. The predicted molar refractivity (Wildman–Crippen MR) is 58.4 cm³/mol. The summed E-state index contributed by atoms with van der Waals surface area (Å²) in [6.07, 6.45) is 1.02. The van der Waals surface area contributed by atoms with E-state index < -0.39 is 0 Å². The number of fused-ring (bicyclic) bond motifs is 1. The van der Waals surface area contributed by atoms with Gasteiger partial charge < -0.3 is 4.74 Å². The van der Waals surface area contributed by atoms with Gasteiger partial charge in [0.05, 0.1) is 13.2 Å². The van der Waals surface area contributed by atoms with Gasteiger partial charge in [-0.05, 0) is 49.6 Å². The molecule has 1 heterocycles. The van der Waals surface area contributed by atoms with E-state index in [9.17, 15) is 0 Å². The number of hydrogen-bond donors (Lipinski definition) is 0. The largest absolute Gasteiger partial charge is 0.497 e. The lowest BCUT2D eigenvalue weighted by atomic mass is 9.95. The van der Waals surface area contributed by atoms with E-state index >= 15 is 0 Å². The van der Waals surface area contributed by atoms with Crippen LogP contribution in [-0.4, -0.2) is 18.9 Å². The smallest absolute Gasteiger partial charge is 0.119 e. The van der Waals surface area contributed by atoms with Crippen molar-refractivity contribution >= 4 is 5.71 Å². The molecule has 1 aromatic carbocycles. The zero-order chi connectivity index (χ0) is 10.1. The first kappa shape index (κ1) is 9.25. The molecule has 2 heteroatoms. The molecule has 74 valence electrons. The van der Waals surface area contributed by atoms with Gasteiger partial charge in [-0.2, -0.15) is 0 Å². The van der Waals surface area contributed by atoms with E-state index in [1.807, 2.05) is 6.07 Å². The van der Waals surface area contributed by atoms with Crippen LogP contribution in [0, 0.1) is 0 Å². The Bertz CT molecular complexity index is 382. The maximum absolute atomic E-state index is 5.21. The molecule has 0 aromatic heterocycles. The Morgan fingerprint density at radius 2 is 2.21 bits per heavy atom. The van der Waals surface area contributed by atoms with Crippen LogP contribution in [0.25, 0.3) is 0 Å². The summed E-state index contributed by atoms with van der Waals surface area (Å²) in [5.74, 6) is 0.936. The van der Waals surface area contributed by atoms with E-state index in [-0.39, 0.29) is 0 Å². The van der Waals surface area contributed by atoms with Crippen molar-refractivity contribution in [2.24, 2.45) is 4.99 Å². The molecule has 2 rings (SSSR count). The first-order valence-electron chi connectivity index (χ1n) is 4.92. The normalized spacial score (nSPS) is 19.9. The van der Waals surface area contributed by atoms with E-state index in [0.717, 1.165) is 17.9 Å². The lowest BCUT2D eigenvalue weighted by Crippen LogP contribution is -2.16. The van der Waals surface area contributed by atoms with Crippen molar-refractivity contribution in [1.82, 2.24) is 0 Å². The third kappa shape index (κ3) is 1.52. The van der Waals surface area contributed by atoms with Crippen molar-refractivity contribution < 1.29 is 4.74 Å². The minimum absolute atomic E-state index is 0.398. The van der Waals surface area contributed by atoms with Gasteiger partial charge in [0.1, 0.15) is 5.75 Å². The van der Waals surface area contributed by atoms with Gasteiger partial charge in [-0.25, -0.2) is 0 Å². The van der Waals surface area contributed by atoms with Crippen LogP contribution in [0.3, 0.4) is 0 Å². The Kier molecular flexibility index (Phi) is 2.28. The third-order valence-electron chi connectivity index (χ3n) is 2.63. The number of benzene rings is 1. The quantitative estimate of drug-likeness (QED) is 0.665. The molecule has 0 aliphatic carbocycles. The van der Waals surface area contributed by atoms with Crippen molar-refractivity contribution in [3.63, 3.8) is 0 Å². The molecule has 0 saturated carbocycles. The second kappa shape index (κ2) is 3.45. The third-order valence-corrected chi connectivity index (χ3v) is 2.63. The molecule has 2 nitrogen and oxygen atoms in total. The summed E-state index contributed by atoms with van der Waals surface area (Å²) in [6, 6.07) is 6.60. The Morgan fingerprint density at radius 3 is 2.93 bits per heavy atom. The molecular weight excluding hydrogens is 174 g/mol. The standard InChI is InChI=1S/C12H15NO/c1-8-6-10-7-11(14-3)4-5-12(10)9(2)13-8/h4-5,7-8H,6H2,1-3H3. The first-order chi connectivity index (χ1) is 6.70. The number of nitrogens with zero attached hydrogens (tertiary/aromatic N) is 1. The minimum atomic E-state index is 0.398. The average Bonchev–Trinajstić information content (AvgIpc) is 2.16. The lowest BCUT2D eigenvalue weighted by Gasteiger charge is -2.19. The fourth-order valence-corrected chi connectivity index (χ4v) is 1.98. The van der Waals surface area contributed by atoms with Crippen molar-refractivity contribution in [3.8, 4) is 5.75 Å². The number of aliphatic imine (C=N–C) groups is 1. The van der Waals surface area contributed by atoms with Crippen LogP contribution < -0.4 is 4.74 Å². The fourth-order valence-electron chi connectivity index (χ4n) is 1.98. The highest BCUT2D eigenvalue weighted by atomic mass is 16.5. The maximum atomic E-state index is 5.21. The van der Waals surface area contributed by atoms with Crippen LogP contribution in [0.1, 0.15) is 25.0 Å². The highest BCUT2D eigenvalue weighted by Crippen LogP contribution is 2.24. The van der Waals surface area contributed by atoms with Gasteiger partial charge in [0.25, 0.3) is 0 Å². The van der Waals surface area contributed by atoms with E-state index in [1.165, 1.54) is 11.1 Å². The summed E-state index contributed by atoms with van der Waals surface area (Å²) in [7, 11) is 1.70. The Balaban J connectivity index is 2.47. The van der Waals surface area contributed by atoms with Gasteiger partial charge in [-0.15, -0.1) is 0 Å².